The molecule has 1 aliphatic rings. The number of Topliss-reactive ketones (excluding diaryl/α,β-unsaturated/α-hetero) is 1. The van der Waals surface area contributed by atoms with Crippen molar-refractivity contribution in [2.24, 2.45) is 17.1 Å². The quantitative estimate of drug-likeness (QED) is 0.739. The lowest BCUT2D eigenvalue weighted by molar-refractivity contribution is -0.144. The van der Waals surface area contributed by atoms with Gasteiger partial charge in [0.05, 0.1) is 5.41 Å². The first-order valence-corrected chi connectivity index (χ1v) is 5.42. The molecule has 0 saturated heterocycles. The summed E-state index contributed by atoms with van der Waals surface area (Å²) in [5, 5.41) is 8.61. The van der Waals surface area contributed by atoms with E-state index in [1.165, 1.54) is 0 Å². The Morgan fingerprint density at radius 3 is 2.69 bits per heavy atom. The molecule has 16 heavy (non-hydrogen) atoms. The number of rotatable bonds is 4. The lowest BCUT2D eigenvalue weighted by Gasteiger charge is -2.37. The smallest absolute Gasteiger partial charge is 0.303 e. The summed E-state index contributed by atoms with van der Waals surface area (Å²) in [6, 6.07) is 0. The van der Waals surface area contributed by atoms with Crippen LogP contribution in [0.4, 0.5) is 0 Å². The number of ketones is 1. The number of aliphatic carboxylic acids is 1. The Bertz CT molecular complexity index is 326. The van der Waals surface area contributed by atoms with Crippen LogP contribution in [0.1, 0.15) is 39.0 Å². The van der Waals surface area contributed by atoms with Gasteiger partial charge in [-0.05, 0) is 19.3 Å². The standard InChI is InChI=1S/C11H17NO4/c1-11(10(12)16)6-2-3-8(13)7(11)4-5-9(14)15/h7H,2-6H2,1H3,(H2,12,16)(H,14,15). The molecule has 1 amide bonds. The first kappa shape index (κ1) is 12.7. The van der Waals surface area contributed by atoms with Gasteiger partial charge in [-0.25, -0.2) is 0 Å². The van der Waals surface area contributed by atoms with Crippen LogP contribution in [-0.4, -0.2) is 22.8 Å². The Kier molecular flexibility index (Phi) is 3.67. The van der Waals surface area contributed by atoms with Gasteiger partial charge in [-0.1, -0.05) is 6.92 Å². The molecule has 0 aliphatic heterocycles. The van der Waals surface area contributed by atoms with Gasteiger partial charge >= 0.3 is 5.97 Å². The molecule has 0 aromatic rings. The molecule has 0 radical (unpaired) electrons. The van der Waals surface area contributed by atoms with Crippen LogP contribution >= 0.6 is 0 Å². The number of primary amides is 1. The van der Waals surface area contributed by atoms with Crippen molar-refractivity contribution in [1.29, 1.82) is 0 Å². The normalized spacial score (nSPS) is 30.1. The van der Waals surface area contributed by atoms with Crippen molar-refractivity contribution in [1.82, 2.24) is 0 Å². The number of hydrogen-bond donors (Lipinski definition) is 2. The first-order valence-electron chi connectivity index (χ1n) is 5.42. The summed E-state index contributed by atoms with van der Waals surface area (Å²) in [6.45, 7) is 1.67. The van der Waals surface area contributed by atoms with Gasteiger partial charge in [0.25, 0.3) is 0 Å². The number of carboxylic acid groups (broad SMARTS) is 1. The van der Waals surface area contributed by atoms with Crippen molar-refractivity contribution in [2.45, 2.75) is 39.0 Å². The fourth-order valence-electron chi connectivity index (χ4n) is 2.38. The minimum Gasteiger partial charge on any atom is -0.481 e. The van der Waals surface area contributed by atoms with E-state index in [4.69, 9.17) is 10.8 Å². The van der Waals surface area contributed by atoms with E-state index in [0.717, 1.165) is 0 Å². The van der Waals surface area contributed by atoms with Gasteiger partial charge in [-0.3, -0.25) is 14.4 Å². The summed E-state index contributed by atoms with van der Waals surface area (Å²) >= 11 is 0. The molecule has 90 valence electrons. The number of nitrogens with two attached hydrogens (primary N) is 1. The van der Waals surface area contributed by atoms with E-state index in [2.05, 4.69) is 0 Å². The molecule has 1 saturated carbocycles. The Labute approximate surface area is 94.0 Å². The number of carboxylic acids is 1. The highest BCUT2D eigenvalue weighted by Crippen LogP contribution is 2.41. The summed E-state index contributed by atoms with van der Waals surface area (Å²) in [4.78, 5) is 33.6. The molecule has 1 aliphatic carbocycles. The van der Waals surface area contributed by atoms with Crippen LogP contribution in [0.2, 0.25) is 0 Å². The first-order chi connectivity index (χ1) is 7.38. The third kappa shape index (κ3) is 2.40. The second-order valence-corrected chi connectivity index (χ2v) is 4.59. The average Bonchev–Trinajstić information content (AvgIpc) is 2.16. The van der Waals surface area contributed by atoms with Crippen LogP contribution in [-0.2, 0) is 14.4 Å². The topological polar surface area (TPSA) is 97.5 Å². The Hall–Kier alpha value is -1.39. The third-order valence-electron chi connectivity index (χ3n) is 3.49. The molecular weight excluding hydrogens is 210 g/mol. The predicted octanol–water partition coefficient (Wildman–Crippen LogP) is 0.712. The van der Waals surface area contributed by atoms with Crippen molar-refractivity contribution in [2.75, 3.05) is 0 Å². The van der Waals surface area contributed by atoms with Gasteiger partial charge in [-0.15, -0.1) is 0 Å². The number of carbonyl (C=O) groups is 3. The van der Waals surface area contributed by atoms with Crippen LogP contribution < -0.4 is 5.73 Å². The molecule has 2 unspecified atom stereocenters. The van der Waals surface area contributed by atoms with E-state index in [9.17, 15) is 14.4 Å². The van der Waals surface area contributed by atoms with Crippen molar-refractivity contribution < 1.29 is 19.5 Å². The molecular formula is C11H17NO4. The highest BCUT2D eigenvalue weighted by molar-refractivity contribution is 5.92. The van der Waals surface area contributed by atoms with E-state index in [-0.39, 0.29) is 18.6 Å². The zero-order chi connectivity index (χ0) is 12.3. The Morgan fingerprint density at radius 1 is 1.56 bits per heavy atom. The zero-order valence-electron chi connectivity index (χ0n) is 9.36. The molecule has 1 rings (SSSR count). The van der Waals surface area contributed by atoms with Crippen molar-refractivity contribution in [3.05, 3.63) is 0 Å². The molecule has 0 bridgehead atoms. The molecule has 3 N–H and O–H groups in total. The van der Waals surface area contributed by atoms with Gasteiger partial charge in [0.15, 0.2) is 0 Å². The number of carbonyl (C=O) groups excluding carboxylic acids is 2. The maximum atomic E-state index is 11.7. The van der Waals surface area contributed by atoms with E-state index in [0.29, 0.717) is 19.3 Å². The zero-order valence-corrected chi connectivity index (χ0v) is 9.36. The average molecular weight is 227 g/mol. The summed E-state index contributed by atoms with van der Waals surface area (Å²) in [6.07, 6.45) is 1.75. The van der Waals surface area contributed by atoms with Gasteiger partial charge in [0.1, 0.15) is 5.78 Å². The second kappa shape index (κ2) is 4.63. The van der Waals surface area contributed by atoms with E-state index >= 15 is 0 Å². The highest BCUT2D eigenvalue weighted by atomic mass is 16.4. The van der Waals surface area contributed by atoms with E-state index in [1.807, 2.05) is 0 Å². The van der Waals surface area contributed by atoms with Crippen LogP contribution in [0.5, 0.6) is 0 Å². The molecule has 1 fully saturated rings. The Balaban J connectivity index is 2.83. The fourth-order valence-corrected chi connectivity index (χ4v) is 2.38. The van der Waals surface area contributed by atoms with Crippen LogP contribution in [0, 0.1) is 11.3 Å². The molecule has 0 spiro atoms. The molecule has 5 nitrogen and oxygen atoms in total. The minimum absolute atomic E-state index is 0.0335. The summed E-state index contributed by atoms with van der Waals surface area (Å²) in [7, 11) is 0. The molecule has 0 aromatic carbocycles. The maximum Gasteiger partial charge on any atom is 0.303 e. The SMILES string of the molecule is CC1(C(N)=O)CCCC(=O)C1CCC(=O)O. The van der Waals surface area contributed by atoms with Crippen molar-refractivity contribution >= 4 is 17.7 Å². The van der Waals surface area contributed by atoms with Gasteiger partial charge in [0, 0.05) is 18.8 Å². The lowest BCUT2D eigenvalue weighted by Crippen LogP contribution is -2.46. The molecule has 2 atom stereocenters. The van der Waals surface area contributed by atoms with Crippen LogP contribution in [0.15, 0.2) is 0 Å². The van der Waals surface area contributed by atoms with E-state index < -0.39 is 23.2 Å². The lowest BCUT2D eigenvalue weighted by atomic mass is 9.65. The third-order valence-corrected chi connectivity index (χ3v) is 3.49. The minimum atomic E-state index is -0.954. The number of hydrogen-bond acceptors (Lipinski definition) is 3. The van der Waals surface area contributed by atoms with Gasteiger partial charge < -0.3 is 10.8 Å². The fraction of sp³-hybridized carbons (Fsp3) is 0.727. The Morgan fingerprint density at radius 2 is 2.19 bits per heavy atom. The van der Waals surface area contributed by atoms with Crippen molar-refractivity contribution in [3.8, 4) is 0 Å². The highest BCUT2D eigenvalue weighted by Gasteiger charge is 2.45. The van der Waals surface area contributed by atoms with Crippen LogP contribution in [0.3, 0.4) is 0 Å². The number of amides is 1. The second-order valence-electron chi connectivity index (χ2n) is 4.59. The summed E-state index contributed by atoms with van der Waals surface area (Å²) in [5.41, 5.74) is 4.45. The molecule has 0 aromatic heterocycles. The van der Waals surface area contributed by atoms with Gasteiger partial charge in [0.2, 0.25) is 5.91 Å². The molecule has 5 heteroatoms. The van der Waals surface area contributed by atoms with E-state index in [1.54, 1.807) is 6.92 Å². The summed E-state index contributed by atoms with van der Waals surface area (Å²) in [5.74, 6) is -2.02. The maximum absolute atomic E-state index is 11.7. The van der Waals surface area contributed by atoms with Gasteiger partial charge in [-0.2, -0.15) is 0 Å². The van der Waals surface area contributed by atoms with Crippen LogP contribution in [0.25, 0.3) is 0 Å². The monoisotopic (exact) mass is 227 g/mol. The summed E-state index contributed by atoms with van der Waals surface area (Å²) < 4.78 is 0. The largest absolute Gasteiger partial charge is 0.481 e. The predicted molar refractivity (Wildman–Crippen MR) is 56.5 cm³/mol. The molecule has 0 heterocycles. The van der Waals surface area contributed by atoms with Crippen molar-refractivity contribution in [3.63, 3.8) is 0 Å².